The van der Waals surface area contributed by atoms with E-state index in [0.29, 0.717) is 11.6 Å². The summed E-state index contributed by atoms with van der Waals surface area (Å²) in [6.45, 7) is 0.864. The summed E-state index contributed by atoms with van der Waals surface area (Å²) in [5, 5.41) is 3.56. The van der Waals surface area contributed by atoms with Crippen LogP contribution in [0.5, 0.6) is 0 Å². The molecule has 0 bridgehead atoms. The summed E-state index contributed by atoms with van der Waals surface area (Å²) in [7, 11) is -0.154. The number of nitrogens with one attached hydrogen (secondary N) is 2. The monoisotopic (exact) mass is 327 g/mol. The average Bonchev–Trinajstić information content (AvgIpc) is 2.88. The predicted octanol–water partition coefficient (Wildman–Crippen LogP) is 2.21. The van der Waals surface area contributed by atoms with Crippen molar-refractivity contribution >= 4 is 21.6 Å². The minimum Gasteiger partial charge on any atom is -0.363 e. The van der Waals surface area contributed by atoms with Gasteiger partial charge in [0.25, 0.3) is 0 Å². The zero-order valence-corrected chi connectivity index (χ0v) is 13.5. The van der Waals surface area contributed by atoms with Gasteiger partial charge in [0.2, 0.25) is 10.0 Å². The number of nitrogens with zero attached hydrogens (tertiary/aromatic N) is 1. The number of rotatable bonds is 6. The maximum absolute atomic E-state index is 12.5. The Balaban J connectivity index is 2.17. The zero-order valence-electron chi connectivity index (χ0n) is 11.9. The van der Waals surface area contributed by atoms with Crippen molar-refractivity contribution < 1.29 is 8.42 Å². The van der Waals surface area contributed by atoms with Gasteiger partial charge in [-0.1, -0.05) is 23.7 Å². The van der Waals surface area contributed by atoms with Crippen molar-refractivity contribution in [3.8, 4) is 0 Å². The summed E-state index contributed by atoms with van der Waals surface area (Å²) in [6.07, 6.45) is 1.51. The van der Waals surface area contributed by atoms with Crippen LogP contribution >= 0.6 is 11.6 Å². The molecule has 2 rings (SSSR count). The first-order valence-corrected chi connectivity index (χ1v) is 8.28. The molecular formula is C14H18ClN3O2S. The molecule has 0 aliphatic carbocycles. The normalized spacial score (nSPS) is 12.0. The van der Waals surface area contributed by atoms with Crippen molar-refractivity contribution in [1.29, 1.82) is 0 Å². The summed E-state index contributed by atoms with van der Waals surface area (Å²) in [5.41, 5.74) is 1.67. The number of halogens is 1. The van der Waals surface area contributed by atoms with E-state index in [-0.39, 0.29) is 11.4 Å². The van der Waals surface area contributed by atoms with Gasteiger partial charge in [0.05, 0.1) is 4.90 Å². The molecule has 0 spiro atoms. The third-order valence-corrected chi connectivity index (χ3v) is 5.10. The second kappa shape index (κ2) is 6.62. The van der Waals surface area contributed by atoms with Gasteiger partial charge in [-0.3, -0.25) is 0 Å². The van der Waals surface area contributed by atoms with Crippen molar-refractivity contribution in [2.75, 3.05) is 14.1 Å². The van der Waals surface area contributed by atoms with Gasteiger partial charge in [0.15, 0.2) is 0 Å². The highest BCUT2D eigenvalue weighted by molar-refractivity contribution is 7.89. The second-order valence-electron chi connectivity index (χ2n) is 4.78. The molecular weight excluding hydrogens is 310 g/mol. The lowest BCUT2D eigenvalue weighted by Gasteiger charge is -2.16. The van der Waals surface area contributed by atoms with Gasteiger partial charge in [-0.25, -0.2) is 8.42 Å². The van der Waals surface area contributed by atoms with Gasteiger partial charge in [0, 0.05) is 37.1 Å². The van der Waals surface area contributed by atoms with Crippen molar-refractivity contribution in [3.63, 3.8) is 0 Å². The molecule has 2 aromatic rings. The minimum absolute atomic E-state index is 0.261. The van der Waals surface area contributed by atoms with Crippen LogP contribution < -0.4 is 5.32 Å². The topological polar surface area (TPSA) is 65.2 Å². The Morgan fingerprint density at radius 3 is 2.76 bits per heavy atom. The van der Waals surface area contributed by atoms with E-state index in [1.165, 1.54) is 10.5 Å². The second-order valence-corrected chi connectivity index (χ2v) is 7.26. The fourth-order valence-corrected chi connectivity index (χ4v) is 3.41. The van der Waals surface area contributed by atoms with Crippen LogP contribution in [0.2, 0.25) is 5.02 Å². The molecule has 114 valence electrons. The molecule has 1 heterocycles. The molecule has 0 aliphatic rings. The molecule has 7 heteroatoms. The summed E-state index contributed by atoms with van der Waals surface area (Å²) in [5.74, 6) is 0. The van der Waals surface area contributed by atoms with Crippen LogP contribution in [0.25, 0.3) is 0 Å². The van der Waals surface area contributed by atoms with E-state index in [1.54, 1.807) is 38.4 Å². The molecule has 0 saturated carbocycles. The standard InChI is InChI=1S/C14H18ClN3O2S/c1-16-8-13-7-14(9-17-13)21(19,20)18(2)10-11-4-3-5-12(15)6-11/h3-7,9,16-17H,8,10H2,1-2H3. The summed E-state index contributed by atoms with van der Waals surface area (Å²) >= 11 is 5.92. The molecule has 1 aromatic carbocycles. The molecule has 21 heavy (non-hydrogen) atoms. The van der Waals surface area contributed by atoms with Gasteiger partial charge in [-0.05, 0) is 30.8 Å². The van der Waals surface area contributed by atoms with Crippen LogP contribution in [-0.4, -0.2) is 31.8 Å². The van der Waals surface area contributed by atoms with E-state index in [0.717, 1.165) is 11.3 Å². The first-order valence-electron chi connectivity index (χ1n) is 6.46. The van der Waals surface area contributed by atoms with Crippen LogP contribution in [0.4, 0.5) is 0 Å². The molecule has 1 aromatic heterocycles. The number of hydrogen-bond donors (Lipinski definition) is 2. The lowest BCUT2D eigenvalue weighted by molar-refractivity contribution is 0.467. The summed E-state index contributed by atoms with van der Waals surface area (Å²) in [4.78, 5) is 3.21. The number of aromatic nitrogens is 1. The van der Waals surface area contributed by atoms with Gasteiger partial charge in [-0.2, -0.15) is 4.31 Å². The molecule has 0 radical (unpaired) electrons. The Bertz CT molecular complexity index is 713. The van der Waals surface area contributed by atoms with Gasteiger partial charge >= 0.3 is 0 Å². The Hall–Kier alpha value is -1.34. The van der Waals surface area contributed by atoms with Gasteiger partial charge in [-0.15, -0.1) is 0 Å². The van der Waals surface area contributed by atoms with E-state index in [2.05, 4.69) is 10.3 Å². The molecule has 0 amide bonds. The van der Waals surface area contributed by atoms with Crippen LogP contribution in [-0.2, 0) is 23.1 Å². The molecule has 0 atom stereocenters. The summed E-state index contributed by atoms with van der Waals surface area (Å²) in [6, 6.07) is 8.81. The van der Waals surface area contributed by atoms with E-state index in [9.17, 15) is 8.42 Å². The van der Waals surface area contributed by atoms with E-state index >= 15 is 0 Å². The lowest BCUT2D eigenvalue weighted by Crippen LogP contribution is -2.26. The van der Waals surface area contributed by atoms with Gasteiger partial charge in [0.1, 0.15) is 0 Å². The van der Waals surface area contributed by atoms with Crippen LogP contribution in [0.3, 0.4) is 0 Å². The van der Waals surface area contributed by atoms with Crippen LogP contribution in [0, 0.1) is 0 Å². The van der Waals surface area contributed by atoms with Crippen LogP contribution in [0.1, 0.15) is 11.3 Å². The maximum atomic E-state index is 12.5. The van der Waals surface area contributed by atoms with E-state index < -0.39 is 10.0 Å². The van der Waals surface area contributed by atoms with Crippen molar-refractivity contribution in [2.24, 2.45) is 0 Å². The Morgan fingerprint density at radius 1 is 1.33 bits per heavy atom. The number of benzene rings is 1. The Labute approximate surface area is 130 Å². The van der Waals surface area contributed by atoms with Crippen molar-refractivity contribution in [2.45, 2.75) is 18.0 Å². The molecule has 0 saturated heterocycles. The highest BCUT2D eigenvalue weighted by Gasteiger charge is 2.22. The van der Waals surface area contributed by atoms with Gasteiger partial charge < -0.3 is 10.3 Å². The average molecular weight is 328 g/mol. The SMILES string of the molecule is CNCc1cc(S(=O)(=O)N(C)Cc2cccc(Cl)c2)c[nH]1. The molecule has 5 nitrogen and oxygen atoms in total. The molecule has 0 unspecified atom stereocenters. The van der Waals surface area contributed by atoms with E-state index in [1.807, 2.05) is 6.07 Å². The molecule has 2 N–H and O–H groups in total. The number of H-pyrrole nitrogens is 1. The van der Waals surface area contributed by atoms with E-state index in [4.69, 9.17) is 11.6 Å². The quantitative estimate of drug-likeness (QED) is 0.855. The fourth-order valence-electron chi connectivity index (χ4n) is 2.02. The third-order valence-electron chi connectivity index (χ3n) is 3.09. The zero-order chi connectivity index (χ0) is 15.5. The summed E-state index contributed by atoms with van der Waals surface area (Å²) < 4.78 is 26.3. The highest BCUT2D eigenvalue weighted by atomic mass is 35.5. The first kappa shape index (κ1) is 16.0. The Morgan fingerprint density at radius 2 is 2.10 bits per heavy atom. The van der Waals surface area contributed by atoms with Crippen LogP contribution in [0.15, 0.2) is 41.4 Å². The largest absolute Gasteiger partial charge is 0.363 e. The molecule has 0 fully saturated rings. The smallest absolute Gasteiger partial charge is 0.244 e. The maximum Gasteiger partial charge on any atom is 0.244 e. The van der Waals surface area contributed by atoms with Crippen molar-refractivity contribution in [3.05, 3.63) is 52.8 Å². The fraction of sp³-hybridized carbons (Fsp3) is 0.286. The predicted molar refractivity (Wildman–Crippen MR) is 83.7 cm³/mol. The van der Waals surface area contributed by atoms with Crippen molar-refractivity contribution in [1.82, 2.24) is 14.6 Å². The minimum atomic E-state index is -3.52. The molecule has 0 aliphatic heterocycles. The highest BCUT2D eigenvalue weighted by Crippen LogP contribution is 2.19. The first-order chi connectivity index (χ1) is 9.93. The number of sulfonamides is 1. The number of aromatic amines is 1. The lowest BCUT2D eigenvalue weighted by atomic mass is 10.2. The number of hydrogen-bond acceptors (Lipinski definition) is 3. The third kappa shape index (κ3) is 3.85. The Kier molecular flexibility index (Phi) is 5.05.